The summed E-state index contributed by atoms with van der Waals surface area (Å²) in [5.74, 6) is 1.13. The van der Waals surface area contributed by atoms with Crippen molar-refractivity contribution in [3.05, 3.63) is 52.1 Å². The molecule has 27 heavy (non-hydrogen) atoms. The van der Waals surface area contributed by atoms with Crippen molar-refractivity contribution in [2.24, 2.45) is 10.2 Å². The molecule has 10 nitrogen and oxygen atoms in total. The Kier molecular flexibility index (Phi) is 5.98. The van der Waals surface area contributed by atoms with Crippen LogP contribution in [0.15, 0.2) is 46.4 Å². The maximum absolute atomic E-state index is 11.4. The van der Waals surface area contributed by atoms with Crippen LogP contribution in [0.25, 0.3) is 0 Å². The van der Waals surface area contributed by atoms with E-state index in [0.717, 1.165) is 12.1 Å². The minimum absolute atomic E-state index is 0.00797. The van der Waals surface area contributed by atoms with E-state index < -0.39 is 20.6 Å². The summed E-state index contributed by atoms with van der Waals surface area (Å²) in [5, 5.41) is 20.4. The normalized spacial score (nSPS) is 11.8. The Morgan fingerprint density at radius 1 is 1.19 bits per heavy atom. The van der Waals surface area contributed by atoms with Gasteiger partial charge in [-0.2, -0.15) is 5.10 Å². The quantitative estimate of drug-likeness (QED) is 0.415. The molecule has 0 saturated heterocycles. The minimum Gasteiger partial charge on any atom is -0.497 e. The van der Waals surface area contributed by atoms with Gasteiger partial charge in [-0.1, -0.05) is 0 Å². The molecule has 144 valence electrons. The predicted molar refractivity (Wildman–Crippen MR) is 99.8 cm³/mol. The second kappa shape index (κ2) is 8.01. The monoisotopic (exact) mass is 394 g/mol. The van der Waals surface area contributed by atoms with E-state index >= 15 is 0 Å². The molecule has 0 aromatic heterocycles. The lowest BCUT2D eigenvalue weighted by Crippen LogP contribution is -2.12. The average molecular weight is 394 g/mol. The maximum atomic E-state index is 11.4. The van der Waals surface area contributed by atoms with Crippen molar-refractivity contribution in [2.75, 3.05) is 19.6 Å². The number of hydrogen-bond donors (Lipinski definition) is 2. The third-order valence-corrected chi connectivity index (χ3v) is 4.55. The number of nitro groups is 1. The van der Waals surface area contributed by atoms with Crippen LogP contribution in [0, 0.1) is 10.1 Å². The van der Waals surface area contributed by atoms with Crippen molar-refractivity contribution in [1.82, 2.24) is 0 Å². The van der Waals surface area contributed by atoms with Gasteiger partial charge in [0.15, 0.2) is 0 Å². The summed E-state index contributed by atoms with van der Waals surface area (Å²) in [5.41, 5.74) is 3.19. The third kappa shape index (κ3) is 4.71. The van der Waals surface area contributed by atoms with Gasteiger partial charge in [-0.05, 0) is 37.3 Å². The van der Waals surface area contributed by atoms with Crippen LogP contribution in [0.5, 0.6) is 11.5 Å². The number of rotatable bonds is 7. The number of sulfonamides is 1. The van der Waals surface area contributed by atoms with Crippen LogP contribution in [0.4, 0.5) is 11.4 Å². The van der Waals surface area contributed by atoms with E-state index in [9.17, 15) is 18.5 Å². The summed E-state index contributed by atoms with van der Waals surface area (Å²) in [4.78, 5) is 10.2. The molecule has 0 aliphatic heterocycles. The van der Waals surface area contributed by atoms with Gasteiger partial charge in [0.25, 0.3) is 5.69 Å². The standard InChI is InChI=1S/C16H18N4O6S/c1-10(13-8-11(25-2)4-7-16(13)26-3)18-19-14-6-5-12(27(17,23)24)9-15(14)20(21)22/h4-9,19H,1-3H3,(H2,17,23,24)/b18-10-. The highest BCUT2D eigenvalue weighted by Crippen LogP contribution is 2.28. The van der Waals surface area contributed by atoms with Gasteiger partial charge in [0, 0.05) is 11.6 Å². The Morgan fingerprint density at radius 2 is 1.89 bits per heavy atom. The molecule has 0 atom stereocenters. The molecule has 0 saturated carbocycles. The number of ether oxygens (including phenoxy) is 2. The van der Waals surface area contributed by atoms with E-state index in [-0.39, 0.29) is 10.6 Å². The Morgan fingerprint density at radius 3 is 2.44 bits per heavy atom. The van der Waals surface area contributed by atoms with Crippen LogP contribution < -0.4 is 20.0 Å². The van der Waals surface area contributed by atoms with Crippen LogP contribution in [0.1, 0.15) is 12.5 Å². The zero-order valence-corrected chi connectivity index (χ0v) is 15.6. The van der Waals surface area contributed by atoms with Crippen molar-refractivity contribution in [3.8, 4) is 11.5 Å². The first-order chi connectivity index (χ1) is 12.7. The number of nitrogens with zero attached hydrogens (tertiary/aromatic N) is 2. The molecule has 0 unspecified atom stereocenters. The van der Waals surface area contributed by atoms with Gasteiger partial charge in [-0.15, -0.1) is 0 Å². The van der Waals surface area contributed by atoms with Gasteiger partial charge < -0.3 is 9.47 Å². The lowest BCUT2D eigenvalue weighted by atomic mass is 10.1. The van der Waals surface area contributed by atoms with Crippen molar-refractivity contribution < 1.29 is 22.8 Å². The Balaban J connectivity index is 2.41. The molecule has 0 bridgehead atoms. The molecule has 2 aromatic rings. The molecular formula is C16H18N4O6S. The van der Waals surface area contributed by atoms with Gasteiger partial charge in [0.1, 0.15) is 17.2 Å². The van der Waals surface area contributed by atoms with Crippen molar-refractivity contribution in [3.63, 3.8) is 0 Å². The van der Waals surface area contributed by atoms with Crippen molar-refractivity contribution in [2.45, 2.75) is 11.8 Å². The zero-order chi connectivity index (χ0) is 20.2. The number of methoxy groups -OCH3 is 2. The van der Waals surface area contributed by atoms with Gasteiger partial charge >= 0.3 is 0 Å². The fraction of sp³-hybridized carbons (Fsp3) is 0.188. The number of anilines is 1. The number of hydrogen-bond acceptors (Lipinski definition) is 8. The molecule has 0 heterocycles. The van der Waals surface area contributed by atoms with Gasteiger partial charge in [-0.3, -0.25) is 15.5 Å². The number of nitrogens with two attached hydrogens (primary N) is 1. The van der Waals surface area contributed by atoms with E-state index in [1.165, 1.54) is 20.3 Å². The van der Waals surface area contributed by atoms with Crippen LogP contribution >= 0.6 is 0 Å². The number of hydrazone groups is 1. The van der Waals surface area contributed by atoms with Crippen LogP contribution in [0.3, 0.4) is 0 Å². The third-order valence-electron chi connectivity index (χ3n) is 3.63. The second-order valence-corrected chi connectivity index (χ2v) is 6.92. The maximum Gasteiger partial charge on any atom is 0.295 e. The summed E-state index contributed by atoms with van der Waals surface area (Å²) in [7, 11) is -1.04. The van der Waals surface area contributed by atoms with Crippen LogP contribution in [-0.2, 0) is 10.0 Å². The highest BCUT2D eigenvalue weighted by atomic mass is 32.2. The number of primary sulfonamides is 1. The number of nitrogens with one attached hydrogen (secondary N) is 1. The predicted octanol–water partition coefficient (Wildman–Crippen LogP) is 2.10. The first kappa shape index (κ1) is 20.1. The molecule has 2 aromatic carbocycles. The van der Waals surface area contributed by atoms with E-state index in [1.54, 1.807) is 25.1 Å². The first-order valence-electron chi connectivity index (χ1n) is 7.51. The topological polar surface area (TPSA) is 146 Å². The molecule has 2 rings (SSSR count). The van der Waals surface area contributed by atoms with E-state index in [1.807, 2.05) is 0 Å². The Hall–Kier alpha value is -3.18. The summed E-state index contributed by atoms with van der Waals surface area (Å²) in [6.45, 7) is 1.68. The lowest BCUT2D eigenvalue weighted by molar-refractivity contribution is -0.384. The lowest BCUT2D eigenvalue weighted by Gasteiger charge is -2.11. The van der Waals surface area contributed by atoms with E-state index in [4.69, 9.17) is 14.6 Å². The fourth-order valence-corrected chi connectivity index (χ4v) is 2.77. The molecule has 0 aliphatic rings. The molecule has 11 heteroatoms. The molecule has 0 amide bonds. The number of nitro benzene ring substituents is 1. The summed E-state index contributed by atoms with van der Waals surface area (Å²) < 4.78 is 33.2. The molecular weight excluding hydrogens is 376 g/mol. The summed E-state index contributed by atoms with van der Waals surface area (Å²) in [6, 6.07) is 8.38. The second-order valence-electron chi connectivity index (χ2n) is 5.36. The van der Waals surface area contributed by atoms with E-state index in [0.29, 0.717) is 22.8 Å². The molecule has 0 aliphatic carbocycles. The molecule has 3 N–H and O–H groups in total. The largest absolute Gasteiger partial charge is 0.497 e. The zero-order valence-electron chi connectivity index (χ0n) is 14.8. The summed E-state index contributed by atoms with van der Waals surface area (Å²) >= 11 is 0. The first-order valence-corrected chi connectivity index (χ1v) is 9.06. The van der Waals surface area contributed by atoms with Crippen LogP contribution in [-0.4, -0.2) is 33.3 Å². The highest BCUT2D eigenvalue weighted by Gasteiger charge is 2.19. The Bertz CT molecular complexity index is 1000. The minimum atomic E-state index is -4.07. The highest BCUT2D eigenvalue weighted by molar-refractivity contribution is 7.89. The molecule has 0 radical (unpaired) electrons. The SMILES string of the molecule is COc1ccc(OC)c(/C(C)=N\Nc2ccc(S(N)(=O)=O)cc2[N+](=O)[O-])c1. The molecule has 0 spiro atoms. The van der Waals surface area contributed by atoms with Crippen molar-refractivity contribution >= 4 is 27.1 Å². The van der Waals surface area contributed by atoms with Crippen LogP contribution in [0.2, 0.25) is 0 Å². The summed E-state index contributed by atoms with van der Waals surface area (Å²) in [6.07, 6.45) is 0. The average Bonchev–Trinajstić information content (AvgIpc) is 2.64. The molecule has 0 fully saturated rings. The number of benzene rings is 2. The van der Waals surface area contributed by atoms with Gasteiger partial charge in [0.05, 0.1) is 29.8 Å². The Labute approximate surface area is 155 Å². The van der Waals surface area contributed by atoms with Crippen molar-refractivity contribution in [1.29, 1.82) is 0 Å². The smallest absolute Gasteiger partial charge is 0.295 e. The van der Waals surface area contributed by atoms with Gasteiger partial charge in [-0.25, -0.2) is 13.6 Å². The van der Waals surface area contributed by atoms with E-state index in [2.05, 4.69) is 10.5 Å². The fourth-order valence-electron chi connectivity index (χ4n) is 2.24. The van der Waals surface area contributed by atoms with Gasteiger partial charge in [0.2, 0.25) is 10.0 Å².